The van der Waals surface area contributed by atoms with E-state index in [9.17, 15) is 9.59 Å². The van der Waals surface area contributed by atoms with Crippen molar-refractivity contribution in [2.45, 2.75) is 31.6 Å². The molecule has 1 amide bonds. The molecule has 1 aromatic carbocycles. The normalized spacial score (nSPS) is 15.4. The fourth-order valence-corrected chi connectivity index (χ4v) is 2.84. The fourth-order valence-electron chi connectivity index (χ4n) is 2.84. The molecule has 0 saturated carbocycles. The van der Waals surface area contributed by atoms with Crippen LogP contribution in [0.2, 0.25) is 0 Å². The molecule has 1 saturated heterocycles. The van der Waals surface area contributed by atoms with Gasteiger partial charge in [0.25, 0.3) is 0 Å². The maximum atomic E-state index is 11.9. The van der Waals surface area contributed by atoms with Crippen molar-refractivity contribution < 1.29 is 19.1 Å². The van der Waals surface area contributed by atoms with E-state index in [1.807, 2.05) is 30.3 Å². The number of amides is 1. The lowest BCUT2D eigenvalue weighted by atomic mass is 9.96. The number of likely N-dealkylation sites (tertiary alicyclic amines) is 1. The van der Waals surface area contributed by atoms with E-state index in [1.54, 1.807) is 4.90 Å². The van der Waals surface area contributed by atoms with Gasteiger partial charge in [-0.3, -0.25) is 9.59 Å². The van der Waals surface area contributed by atoms with Gasteiger partial charge in [-0.1, -0.05) is 18.2 Å². The van der Waals surface area contributed by atoms with Gasteiger partial charge in [0.1, 0.15) is 0 Å². The Kier molecular flexibility index (Phi) is 4.88. The van der Waals surface area contributed by atoms with Gasteiger partial charge in [-0.05, 0) is 25.0 Å². The highest BCUT2D eigenvalue weighted by atomic mass is 16.4. The summed E-state index contributed by atoms with van der Waals surface area (Å²) >= 11 is 0. The van der Waals surface area contributed by atoms with Gasteiger partial charge in [0, 0.05) is 31.0 Å². The summed E-state index contributed by atoms with van der Waals surface area (Å²) in [6.07, 6.45) is 1.42. The Morgan fingerprint density at radius 2 is 1.83 bits per heavy atom. The molecular formula is C17H19N3O4. The van der Waals surface area contributed by atoms with Crippen LogP contribution in [0.1, 0.15) is 37.5 Å². The van der Waals surface area contributed by atoms with E-state index < -0.39 is 5.97 Å². The van der Waals surface area contributed by atoms with Gasteiger partial charge in [0.05, 0.1) is 6.42 Å². The number of carboxylic acid groups (broad SMARTS) is 1. The van der Waals surface area contributed by atoms with Crippen LogP contribution in [0.5, 0.6) is 0 Å². The molecule has 24 heavy (non-hydrogen) atoms. The molecule has 1 N–H and O–H groups in total. The first-order valence-corrected chi connectivity index (χ1v) is 8.02. The van der Waals surface area contributed by atoms with Crippen LogP contribution in [0.25, 0.3) is 11.5 Å². The van der Waals surface area contributed by atoms with E-state index in [0.717, 1.165) is 18.4 Å². The van der Waals surface area contributed by atoms with E-state index in [-0.39, 0.29) is 24.7 Å². The summed E-state index contributed by atoms with van der Waals surface area (Å²) in [6.45, 7) is 1.18. The van der Waals surface area contributed by atoms with Gasteiger partial charge in [0.2, 0.25) is 17.7 Å². The van der Waals surface area contributed by atoms with Crippen LogP contribution < -0.4 is 0 Å². The summed E-state index contributed by atoms with van der Waals surface area (Å²) in [5.41, 5.74) is 0.887. The summed E-state index contributed by atoms with van der Waals surface area (Å²) < 4.78 is 5.78. The molecule has 1 aromatic heterocycles. The van der Waals surface area contributed by atoms with Crippen molar-refractivity contribution in [2.24, 2.45) is 0 Å². The fraction of sp³-hybridized carbons (Fsp3) is 0.412. The second-order valence-corrected chi connectivity index (χ2v) is 5.86. The topological polar surface area (TPSA) is 96.5 Å². The number of carbonyl (C=O) groups excluding carboxylic acids is 1. The minimum atomic E-state index is -0.947. The van der Waals surface area contributed by atoms with Gasteiger partial charge in [-0.15, -0.1) is 10.2 Å². The van der Waals surface area contributed by atoms with Crippen LogP contribution in [-0.2, 0) is 9.59 Å². The third-order valence-electron chi connectivity index (χ3n) is 4.21. The molecule has 0 bridgehead atoms. The zero-order valence-electron chi connectivity index (χ0n) is 13.2. The SMILES string of the molecule is O=C(O)CCC(=O)N1CCC(c2nnc(-c3ccccc3)o2)CC1. The van der Waals surface area contributed by atoms with Gasteiger partial charge >= 0.3 is 5.97 Å². The highest BCUT2D eigenvalue weighted by Crippen LogP contribution is 2.29. The summed E-state index contributed by atoms with van der Waals surface area (Å²) in [6, 6.07) is 9.60. The third-order valence-corrected chi connectivity index (χ3v) is 4.21. The Bertz CT molecular complexity index is 706. The monoisotopic (exact) mass is 329 g/mol. The summed E-state index contributed by atoms with van der Waals surface area (Å²) in [5, 5.41) is 16.9. The van der Waals surface area contributed by atoms with Crippen molar-refractivity contribution in [3.8, 4) is 11.5 Å². The lowest BCUT2D eigenvalue weighted by molar-refractivity contribution is -0.141. The van der Waals surface area contributed by atoms with E-state index in [4.69, 9.17) is 9.52 Å². The zero-order valence-corrected chi connectivity index (χ0v) is 13.2. The number of piperidine rings is 1. The van der Waals surface area contributed by atoms with E-state index >= 15 is 0 Å². The number of carboxylic acids is 1. The predicted molar refractivity (Wildman–Crippen MR) is 85.2 cm³/mol. The van der Waals surface area contributed by atoms with E-state index in [1.165, 1.54) is 0 Å². The van der Waals surface area contributed by atoms with Crippen LogP contribution in [0.3, 0.4) is 0 Å². The number of hydrogen-bond acceptors (Lipinski definition) is 5. The van der Waals surface area contributed by atoms with E-state index in [2.05, 4.69) is 10.2 Å². The lowest BCUT2D eigenvalue weighted by Gasteiger charge is -2.30. The number of hydrogen-bond donors (Lipinski definition) is 1. The smallest absolute Gasteiger partial charge is 0.303 e. The van der Waals surface area contributed by atoms with Crippen molar-refractivity contribution >= 4 is 11.9 Å². The molecule has 3 rings (SSSR count). The first kappa shape index (κ1) is 16.2. The van der Waals surface area contributed by atoms with Gasteiger partial charge in [-0.2, -0.15) is 0 Å². The maximum Gasteiger partial charge on any atom is 0.303 e. The Morgan fingerprint density at radius 3 is 2.50 bits per heavy atom. The third kappa shape index (κ3) is 3.79. The highest BCUT2D eigenvalue weighted by molar-refractivity contribution is 5.80. The second kappa shape index (κ2) is 7.25. The largest absolute Gasteiger partial charge is 0.481 e. The van der Waals surface area contributed by atoms with Crippen molar-refractivity contribution in [3.05, 3.63) is 36.2 Å². The minimum Gasteiger partial charge on any atom is -0.481 e. The number of carbonyl (C=O) groups is 2. The summed E-state index contributed by atoms with van der Waals surface area (Å²) in [5.74, 6) is 0.194. The van der Waals surface area contributed by atoms with Gasteiger partial charge in [-0.25, -0.2) is 0 Å². The predicted octanol–water partition coefficient (Wildman–Crippen LogP) is 2.31. The molecule has 1 aliphatic rings. The zero-order chi connectivity index (χ0) is 16.9. The van der Waals surface area contributed by atoms with Crippen LogP contribution in [0, 0.1) is 0 Å². The first-order chi connectivity index (χ1) is 11.6. The number of benzene rings is 1. The number of nitrogens with zero attached hydrogens (tertiary/aromatic N) is 3. The average Bonchev–Trinajstić information content (AvgIpc) is 3.10. The molecule has 7 nitrogen and oxygen atoms in total. The minimum absolute atomic E-state index is 0.0543. The molecule has 7 heteroatoms. The Hall–Kier alpha value is -2.70. The molecule has 0 aliphatic carbocycles. The van der Waals surface area contributed by atoms with Gasteiger partial charge in [0.15, 0.2) is 0 Å². The van der Waals surface area contributed by atoms with Crippen LogP contribution in [-0.4, -0.2) is 45.2 Å². The van der Waals surface area contributed by atoms with Crippen molar-refractivity contribution in [3.63, 3.8) is 0 Å². The van der Waals surface area contributed by atoms with Crippen molar-refractivity contribution in [1.29, 1.82) is 0 Å². The van der Waals surface area contributed by atoms with Gasteiger partial charge < -0.3 is 14.4 Å². The Balaban J connectivity index is 1.56. The summed E-state index contributed by atoms with van der Waals surface area (Å²) in [7, 11) is 0. The average molecular weight is 329 g/mol. The number of aromatic nitrogens is 2. The Labute approximate surface area is 139 Å². The quantitative estimate of drug-likeness (QED) is 0.904. The van der Waals surface area contributed by atoms with Crippen LogP contribution >= 0.6 is 0 Å². The maximum absolute atomic E-state index is 11.9. The molecule has 1 aliphatic heterocycles. The van der Waals surface area contributed by atoms with Crippen LogP contribution in [0.4, 0.5) is 0 Å². The molecular weight excluding hydrogens is 310 g/mol. The molecule has 126 valence electrons. The van der Waals surface area contributed by atoms with Crippen LogP contribution in [0.15, 0.2) is 34.7 Å². The molecule has 2 aromatic rings. The standard InChI is InChI=1S/C17H19N3O4/c21-14(6-7-15(22)23)20-10-8-13(9-11-20)17-19-18-16(24-17)12-4-2-1-3-5-12/h1-5,13H,6-11H2,(H,22,23). The second-order valence-electron chi connectivity index (χ2n) is 5.86. The van der Waals surface area contributed by atoms with Crippen molar-refractivity contribution in [1.82, 2.24) is 15.1 Å². The molecule has 2 heterocycles. The lowest BCUT2D eigenvalue weighted by Crippen LogP contribution is -2.38. The number of aliphatic carboxylic acids is 1. The highest BCUT2D eigenvalue weighted by Gasteiger charge is 2.27. The van der Waals surface area contributed by atoms with Crippen molar-refractivity contribution in [2.75, 3.05) is 13.1 Å². The summed E-state index contributed by atoms with van der Waals surface area (Å²) in [4.78, 5) is 24.2. The molecule has 0 atom stereocenters. The number of rotatable bonds is 5. The first-order valence-electron chi connectivity index (χ1n) is 8.02. The molecule has 0 spiro atoms. The molecule has 1 fully saturated rings. The molecule has 0 unspecified atom stereocenters. The van der Waals surface area contributed by atoms with E-state index in [0.29, 0.717) is 24.9 Å². The molecule has 0 radical (unpaired) electrons. The Morgan fingerprint density at radius 1 is 1.12 bits per heavy atom.